The van der Waals surface area contributed by atoms with E-state index >= 15 is 0 Å². The molecule has 3 aromatic rings. The van der Waals surface area contributed by atoms with Gasteiger partial charge in [0.15, 0.2) is 0 Å². The smallest absolute Gasteiger partial charge is 0.373 e. The summed E-state index contributed by atoms with van der Waals surface area (Å²) in [6, 6.07) is 8.89. The van der Waals surface area contributed by atoms with Gasteiger partial charge in [0.05, 0.1) is 15.3 Å². The highest BCUT2D eigenvalue weighted by atomic mass is 35.5. The number of halogens is 2. The number of carbonyl (C=O) groups excluding carboxylic acids is 2. The van der Waals surface area contributed by atoms with Crippen molar-refractivity contribution in [3.05, 3.63) is 64.5 Å². The third-order valence-electron chi connectivity index (χ3n) is 4.96. The van der Waals surface area contributed by atoms with Crippen LogP contribution >= 0.6 is 22.9 Å². The second-order valence-corrected chi connectivity index (χ2v) is 8.90. The maximum Gasteiger partial charge on any atom is 0.373 e. The summed E-state index contributed by atoms with van der Waals surface area (Å²) in [5, 5.41) is 21.1. The van der Waals surface area contributed by atoms with Crippen molar-refractivity contribution < 1.29 is 23.9 Å². The van der Waals surface area contributed by atoms with E-state index in [0.717, 1.165) is 60.1 Å². The number of benzene rings is 1. The molecule has 2 N–H and O–H groups in total. The van der Waals surface area contributed by atoms with Crippen LogP contribution in [0.25, 0.3) is 10.2 Å². The molecule has 12 heteroatoms. The van der Waals surface area contributed by atoms with Crippen LogP contribution in [0.3, 0.4) is 0 Å². The fourth-order valence-electron chi connectivity index (χ4n) is 3.38. The van der Waals surface area contributed by atoms with E-state index in [-0.39, 0.29) is 11.7 Å². The third kappa shape index (κ3) is 8.55. The zero-order chi connectivity index (χ0) is 25.8. The topological polar surface area (TPSA) is 136 Å². The maximum absolute atomic E-state index is 13.5. The average Bonchev–Trinajstić information content (AvgIpc) is 3.23. The van der Waals surface area contributed by atoms with Crippen molar-refractivity contribution in [2.45, 2.75) is 25.4 Å². The average molecular weight is 518 g/mol. The summed E-state index contributed by atoms with van der Waals surface area (Å²) >= 11 is 7.55. The van der Waals surface area contributed by atoms with Crippen molar-refractivity contribution in [2.24, 2.45) is 0 Å². The molecule has 35 heavy (non-hydrogen) atoms. The number of piperidine rings is 1. The van der Waals surface area contributed by atoms with E-state index in [4.69, 9.17) is 31.6 Å². The molecule has 0 spiro atoms. The van der Waals surface area contributed by atoms with Gasteiger partial charge in [-0.05, 0) is 36.6 Å². The monoisotopic (exact) mass is 517 g/mol. The van der Waals surface area contributed by atoms with Gasteiger partial charge in [-0.3, -0.25) is 4.90 Å². The number of nitrogens with one attached hydrogen (secondary N) is 1. The molecule has 1 aromatic carbocycles. The van der Waals surface area contributed by atoms with Gasteiger partial charge >= 0.3 is 12.1 Å². The van der Waals surface area contributed by atoms with Crippen LogP contribution in [0.5, 0.6) is 0 Å². The Morgan fingerprint density at radius 1 is 1.34 bits per heavy atom. The van der Waals surface area contributed by atoms with E-state index in [9.17, 15) is 9.18 Å². The number of anilines is 1. The lowest BCUT2D eigenvalue weighted by molar-refractivity contribution is -0.191. The Kier molecular flexibility index (Phi) is 10.9. The molecule has 0 amide bonds. The molecule has 0 bridgehead atoms. The minimum atomic E-state index is -0.981. The van der Waals surface area contributed by atoms with Crippen LogP contribution in [0, 0.1) is 17.1 Å². The van der Waals surface area contributed by atoms with Crippen LogP contribution in [-0.2, 0) is 20.9 Å². The molecule has 0 radical (unpaired) electrons. The van der Waals surface area contributed by atoms with Gasteiger partial charge in [-0.15, -0.1) is 11.3 Å². The van der Waals surface area contributed by atoms with Crippen molar-refractivity contribution in [1.82, 2.24) is 14.9 Å². The second kappa shape index (κ2) is 13.9. The Bertz CT molecular complexity index is 1250. The number of thiophene rings is 1. The molecule has 4 rings (SSSR count). The van der Waals surface area contributed by atoms with Gasteiger partial charge < -0.3 is 10.4 Å². The lowest BCUT2D eigenvalue weighted by Gasteiger charge is -2.32. The van der Waals surface area contributed by atoms with Gasteiger partial charge in [-0.2, -0.15) is 14.9 Å². The van der Waals surface area contributed by atoms with Gasteiger partial charge in [0.1, 0.15) is 28.9 Å². The predicted octanol–water partition coefficient (Wildman–Crippen LogP) is 4.11. The van der Waals surface area contributed by atoms with Crippen molar-refractivity contribution in [2.75, 3.05) is 18.4 Å². The van der Waals surface area contributed by atoms with Crippen LogP contribution in [0.1, 0.15) is 24.0 Å². The highest BCUT2D eigenvalue weighted by Crippen LogP contribution is 2.32. The van der Waals surface area contributed by atoms with Crippen LogP contribution < -0.4 is 5.32 Å². The Morgan fingerprint density at radius 3 is 2.60 bits per heavy atom. The Hall–Kier alpha value is -3.68. The highest BCUT2D eigenvalue weighted by molar-refractivity contribution is 7.22. The molecule has 0 aliphatic carbocycles. The number of hydrogen-bond donors (Lipinski definition) is 2. The minimum absolute atomic E-state index is 0.103. The summed E-state index contributed by atoms with van der Waals surface area (Å²) in [4.78, 5) is 37.3. The van der Waals surface area contributed by atoms with Crippen LogP contribution in [0.15, 0.2) is 43.2 Å². The van der Waals surface area contributed by atoms with E-state index in [1.807, 2.05) is 12.1 Å². The number of aromatic nitrogens is 2. The van der Waals surface area contributed by atoms with E-state index in [2.05, 4.69) is 26.8 Å². The first-order chi connectivity index (χ1) is 16.8. The number of carboxylic acids is 1. The summed E-state index contributed by atoms with van der Waals surface area (Å²) in [6.45, 7) is 5.53. The summed E-state index contributed by atoms with van der Waals surface area (Å²) < 4.78 is 14.2. The number of carbonyl (C=O) groups is 1. The SMILES string of the molecule is C=CC(=O)O.N#Cc1cc(CN2CCC(Nc3ncnc4sc(Cl)cc34)CC2)ccc1F.O=C=O. The molecule has 1 aliphatic heterocycles. The number of hydrogen-bond acceptors (Lipinski definition) is 9. The van der Waals surface area contributed by atoms with Crippen molar-refractivity contribution in [1.29, 1.82) is 5.26 Å². The number of aliphatic carboxylic acids is 1. The number of nitriles is 1. The van der Waals surface area contributed by atoms with Crippen LogP contribution in [0.2, 0.25) is 4.34 Å². The number of carboxylic acid groups (broad SMARTS) is 1. The molecule has 1 aliphatic rings. The molecule has 1 fully saturated rings. The first-order valence-electron chi connectivity index (χ1n) is 10.2. The van der Waals surface area contributed by atoms with Crippen molar-refractivity contribution >= 4 is 51.1 Å². The normalized spacial score (nSPS) is 13.3. The fraction of sp³-hybridized carbons (Fsp3) is 0.261. The molecule has 0 unspecified atom stereocenters. The molecule has 0 atom stereocenters. The number of nitrogens with zero attached hydrogens (tertiary/aromatic N) is 4. The summed E-state index contributed by atoms with van der Waals surface area (Å²) in [6.07, 6.45) is 4.61. The largest absolute Gasteiger partial charge is 0.478 e. The van der Waals surface area contributed by atoms with Gasteiger partial charge in [0, 0.05) is 31.8 Å². The maximum atomic E-state index is 13.5. The van der Waals surface area contributed by atoms with Crippen LogP contribution in [0.4, 0.5) is 10.2 Å². The summed E-state index contributed by atoms with van der Waals surface area (Å²) in [5.41, 5.74) is 1.07. The molecule has 3 heterocycles. The van der Waals surface area contributed by atoms with Crippen LogP contribution in [-0.4, -0.2) is 51.2 Å². The predicted molar refractivity (Wildman–Crippen MR) is 128 cm³/mol. The Morgan fingerprint density at radius 2 is 2.00 bits per heavy atom. The van der Waals surface area contributed by atoms with E-state index < -0.39 is 11.8 Å². The standard InChI is InChI=1S/C19H17ClFN5S.C3H4O2.CO2/c20-17-8-15-18(23-11-24-19(15)27-17)25-14-3-5-26(6-4-14)10-12-1-2-16(21)13(7-12)9-22;1-2-3(4)5;2-1-3/h1-2,7-8,11,14H,3-6,10H2,(H,23,24,25);2H,1H2,(H,4,5);. The highest BCUT2D eigenvalue weighted by Gasteiger charge is 2.21. The fourth-order valence-corrected chi connectivity index (χ4v) is 4.44. The van der Waals surface area contributed by atoms with E-state index in [1.54, 1.807) is 18.5 Å². The quantitative estimate of drug-likeness (QED) is 0.479. The first-order valence-corrected chi connectivity index (χ1v) is 11.4. The van der Waals surface area contributed by atoms with Gasteiger partial charge in [-0.1, -0.05) is 24.2 Å². The third-order valence-corrected chi connectivity index (χ3v) is 6.13. The number of rotatable bonds is 5. The van der Waals surface area contributed by atoms with Crippen molar-refractivity contribution in [3.63, 3.8) is 0 Å². The molecule has 0 saturated carbocycles. The van der Waals surface area contributed by atoms with E-state index in [1.165, 1.54) is 17.4 Å². The lowest BCUT2D eigenvalue weighted by Crippen LogP contribution is -2.38. The molecular formula is C23H21ClFN5O4S. The molecule has 1 saturated heterocycles. The van der Waals surface area contributed by atoms with Gasteiger partial charge in [0.2, 0.25) is 0 Å². The Labute approximate surface area is 209 Å². The minimum Gasteiger partial charge on any atom is -0.478 e. The number of likely N-dealkylation sites (tertiary alicyclic amines) is 1. The van der Waals surface area contributed by atoms with E-state index in [0.29, 0.717) is 10.4 Å². The molecule has 2 aromatic heterocycles. The summed E-state index contributed by atoms with van der Waals surface area (Å²) in [7, 11) is 0. The molecular weight excluding hydrogens is 497 g/mol. The number of fused-ring (bicyclic) bond motifs is 1. The van der Waals surface area contributed by atoms with Gasteiger partial charge in [0.25, 0.3) is 0 Å². The molecule has 9 nitrogen and oxygen atoms in total. The lowest BCUT2D eigenvalue weighted by atomic mass is 10.0. The summed E-state index contributed by atoms with van der Waals surface area (Å²) in [5.74, 6) is -0.613. The zero-order valence-corrected chi connectivity index (χ0v) is 20.0. The van der Waals surface area contributed by atoms with Gasteiger partial charge in [-0.25, -0.2) is 19.2 Å². The second-order valence-electron chi connectivity index (χ2n) is 7.24. The van der Waals surface area contributed by atoms with Crippen molar-refractivity contribution in [3.8, 4) is 6.07 Å². The molecule has 182 valence electrons. The zero-order valence-electron chi connectivity index (χ0n) is 18.4. The Balaban J connectivity index is 0.000000473. The first kappa shape index (κ1) is 27.6.